The molecule has 0 atom stereocenters. The molecule has 158 valence electrons. The minimum absolute atomic E-state index is 0.120. The van der Waals surface area contributed by atoms with Crippen LogP contribution < -0.4 is 15.8 Å². The number of nitrogens with one attached hydrogen (secondary N) is 1. The van der Waals surface area contributed by atoms with Gasteiger partial charge in [0, 0.05) is 17.7 Å². The third kappa shape index (κ3) is 5.92. The fraction of sp³-hybridized carbons (Fsp3) is 0.0455. The molecule has 3 aromatic rings. The Labute approximate surface area is 175 Å². The van der Waals surface area contributed by atoms with E-state index in [4.69, 9.17) is 10.5 Å². The predicted molar refractivity (Wildman–Crippen MR) is 108 cm³/mol. The number of nitrogens with two attached hydrogens (primary N) is 1. The molecule has 3 rings (SSSR count). The lowest BCUT2D eigenvalue weighted by Gasteiger charge is -2.12. The highest BCUT2D eigenvalue weighted by atomic mass is 19.4. The number of alkyl halides is 3. The zero-order valence-corrected chi connectivity index (χ0v) is 15.9. The molecule has 0 bridgehead atoms. The van der Waals surface area contributed by atoms with E-state index in [2.05, 4.69) is 10.3 Å². The first-order chi connectivity index (χ1) is 14.7. The molecule has 6 nitrogen and oxygen atoms in total. The van der Waals surface area contributed by atoms with Crippen molar-refractivity contribution in [2.45, 2.75) is 6.18 Å². The molecule has 2 amide bonds. The molecule has 1 heterocycles. The number of benzene rings is 2. The first-order valence-electron chi connectivity index (χ1n) is 8.91. The summed E-state index contributed by atoms with van der Waals surface area (Å²) in [5.74, 6) is -1.10. The summed E-state index contributed by atoms with van der Waals surface area (Å²) in [6, 6.07) is 16.0. The van der Waals surface area contributed by atoms with Crippen LogP contribution in [0.4, 0.5) is 18.9 Å². The van der Waals surface area contributed by atoms with Crippen molar-refractivity contribution in [1.29, 1.82) is 0 Å². The maximum atomic E-state index is 13.3. The number of ether oxygens (including phenoxy) is 1. The van der Waals surface area contributed by atoms with E-state index >= 15 is 0 Å². The number of anilines is 1. The molecule has 9 heteroatoms. The van der Waals surface area contributed by atoms with E-state index in [0.717, 1.165) is 0 Å². The normalized spacial score (nSPS) is 11.6. The number of aromatic nitrogens is 1. The molecule has 0 aliphatic carbocycles. The van der Waals surface area contributed by atoms with Crippen LogP contribution in [0.1, 0.15) is 15.9 Å². The molecule has 0 unspecified atom stereocenters. The Kier molecular flexibility index (Phi) is 6.35. The molecule has 3 N–H and O–H groups in total. The van der Waals surface area contributed by atoms with Crippen LogP contribution in [-0.4, -0.2) is 23.0 Å². The van der Waals surface area contributed by atoms with Crippen LogP contribution in [-0.2, 0) is 4.79 Å². The third-order valence-electron chi connectivity index (χ3n) is 4.01. The minimum atomic E-state index is -4.70. The van der Waals surface area contributed by atoms with Gasteiger partial charge in [0.1, 0.15) is 5.75 Å². The van der Waals surface area contributed by atoms with Crippen molar-refractivity contribution in [3.63, 3.8) is 0 Å². The average Bonchev–Trinajstić information content (AvgIpc) is 2.73. The summed E-state index contributed by atoms with van der Waals surface area (Å²) in [4.78, 5) is 27.3. The summed E-state index contributed by atoms with van der Waals surface area (Å²) >= 11 is 0. The second-order valence-electron chi connectivity index (χ2n) is 6.29. The lowest BCUT2D eigenvalue weighted by Crippen LogP contribution is -2.16. The SMILES string of the molecule is NC(=O)c1cccc(Oc2ccc(NC(=O)/C=C(/c3ccccc3)C(F)(F)F)cn2)c1. The minimum Gasteiger partial charge on any atom is -0.439 e. The molecule has 1 aromatic heterocycles. The number of carbonyl (C=O) groups is 2. The molecule has 0 spiro atoms. The van der Waals surface area contributed by atoms with Gasteiger partial charge < -0.3 is 15.8 Å². The Morgan fingerprint density at radius 2 is 1.68 bits per heavy atom. The van der Waals surface area contributed by atoms with Crippen molar-refractivity contribution < 1.29 is 27.5 Å². The first-order valence-corrected chi connectivity index (χ1v) is 8.91. The van der Waals surface area contributed by atoms with Gasteiger partial charge in [0.2, 0.25) is 17.7 Å². The zero-order chi connectivity index (χ0) is 22.4. The second kappa shape index (κ2) is 9.12. The summed E-state index contributed by atoms with van der Waals surface area (Å²) in [7, 11) is 0. The Bertz CT molecular complexity index is 1110. The zero-order valence-electron chi connectivity index (χ0n) is 15.9. The van der Waals surface area contributed by atoms with E-state index in [9.17, 15) is 22.8 Å². The van der Waals surface area contributed by atoms with E-state index in [-0.39, 0.29) is 22.7 Å². The molecule has 2 aromatic carbocycles. The number of nitrogens with zero attached hydrogens (tertiary/aromatic N) is 1. The lowest BCUT2D eigenvalue weighted by atomic mass is 10.1. The molecule has 31 heavy (non-hydrogen) atoms. The Balaban J connectivity index is 1.71. The highest BCUT2D eigenvalue weighted by Crippen LogP contribution is 2.33. The number of primary amides is 1. The highest BCUT2D eigenvalue weighted by molar-refractivity contribution is 6.04. The maximum Gasteiger partial charge on any atom is 0.417 e. The summed E-state index contributed by atoms with van der Waals surface area (Å²) < 4.78 is 45.5. The molecular formula is C22H16F3N3O3. The van der Waals surface area contributed by atoms with E-state index in [1.165, 1.54) is 54.7 Å². The van der Waals surface area contributed by atoms with Gasteiger partial charge in [-0.3, -0.25) is 9.59 Å². The van der Waals surface area contributed by atoms with Crippen LogP contribution in [0.25, 0.3) is 5.57 Å². The molecule has 0 radical (unpaired) electrons. The third-order valence-corrected chi connectivity index (χ3v) is 4.01. The van der Waals surface area contributed by atoms with E-state index in [0.29, 0.717) is 11.8 Å². The Morgan fingerprint density at radius 3 is 2.29 bits per heavy atom. The fourth-order valence-corrected chi connectivity index (χ4v) is 2.60. The summed E-state index contributed by atoms with van der Waals surface area (Å²) in [5, 5.41) is 2.33. The van der Waals surface area contributed by atoms with E-state index < -0.39 is 23.6 Å². The maximum absolute atomic E-state index is 13.3. The molecule has 0 fully saturated rings. The molecule has 0 saturated heterocycles. The van der Waals surface area contributed by atoms with Crippen molar-refractivity contribution in [1.82, 2.24) is 4.98 Å². The van der Waals surface area contributed by atoms with Gasteiger partial charge in [-0.25, -0.2) is 4.98 Å². The van der Waals surface area contributed by atoms with Crippen LogP contribution >= 0.6 is 0 Å². The fourth-order valence-electron chi connectivity index (χ4n) is 2.60. The number of hydrogen-bond donors (Lipinski definition) is 2. The van der Waals surface area contributed by atoms with Gasteiger partial charge in [0.05, 0.1) is 17.5 Å². The van der Waals surface area contributed by atoms with Crippen molar-refractivity contribution in [3.05, 3.63) is 90.1 Å². The molecular weight excluding hydrogens is 411 g/mol. The quantitative estimate of drug-likeness (QED) is 0.564. The Hall–Kier alpha value is -4.14. The van der Waals surface area contributed by atoms with Crippen LogP contribution in [0.5, 0.6) is 11.6 Å². The van der Waals surface area contributed by atoms with Crippen LogP contribution in [0.3, 0.4) is 0 Å². The van der Waals surface area contributed by atoms with Gasteiger partial charge in [-0.2, -0.15) is 13.2 Å². The summed E-state index contributed by atoms with van der Waals surface area (Å²) in [6.45, 7) is 0. The Morgan fingerprint density at radius 1 is 0.968 bits per heavy atom. The monoisotopic (exact) mass is 427 g/mol. The first kappa shape index (κ1) is 21.6. The number of pyridine rings is 1. The van der Waals surface area contributed by atoms with Gasteiger partial charge in [0.15, 0.2) is 0 Å². The van der Waals surface area contributed by atoms with Crippen molar-refractivity contribution in [3.8, 4) is 11.6 Å². The summed E-state index contributed by atoms with van der Waals surface area (Å²) in [5.41, 5.74) is 4.46. The van der Waals surface area contributed by atoms with Gasteiger partial charge in [-0.1, -0.05) is 36.4 Å². The predicted octanol–water partition coefficient (Wildman–Crippen LogP) is 4.56. The smallest absolute Gasteiger partial charge is 0.417 e. The number of carbonyl (C=O) groups excluding carboxylic acids is 2. The highest BCUT2D eigenvalue weighted by Gasteiger charge is 2.35. The number of rotatable bonds is 6. The van der Waals surface area contributed by atoms with Crippen molar-refractivity contribution in [2.75, 3.05) is 5.32 Å². The van der Waals surface area contributed by atoms with Crippen LogP contribution in [0.15, 0.2) is 79.0 Å². The number of halogens is 3. The van der Waals surface area contributed by atoms with E-state index in [1.807, 2.05) is 0 Å². The van der Waals surface area contributed by atoms with Gasteiger partial charge >= 0.3 is 6.18 Å². The summed E-state index contributed by atoms with van der Waals surface area (Å²) in [6.07, 6.45) is -2.97. The molecule has 0 aliphatic heterocycles. The molecule has 0 aliphatic rings. The van der Waals surface area contributed by atoms with Gasteiger partial charge in [0.25, 0.3) is 0 Å². The van der Waals surface area contributed by atoms with E-state index in [1.54, 1.807) is 18.2 Å². The topological polar surface area (TPSA) is 94.3 Å². The average molecular weight is 427 g/mol. The second-order valence-corrected chi connectivity index (χ2v) is 6.29. The van der Waals surface area contributed by atoms with Crippen LogP contribution in [0, 0.1) is 0 Å². The lowest BCUT2D eigenvalue weighted by molar-refractivity contribution is -0.112. The number of hydrogen-bond acceptors (Lipinski definition) is 4. The number of allylic oxidation sites excluding steroid dienone is 1. The number of amides is 2. The standard InChI is InChI=1S/C22H16F3N3O3/c23-22(24,25)18(14-5-2-1-3-6-14)12-19(29)28-16-9-10-20(27-13-16)31-17-8-4-7-15(11-17)21(26)30/h1-13H,(H2,26,30)(H,28,29)/b18-12-. The van der Waals surface area contributed by atoms with Crippen molar-refractivity contribution in [2.24, 2.45) is 5.73 Å². The van der Waals surface area contributed by atoms with Crippen LogP contribution in [0.2, 0.25) is 0 Å². The van der Waals surface area contributed by atoms with Gasteiger partial charge in [-0.15, -0.1) is 0 Å². The van der Waals surface area contributed by atoms with Gasteiger partial charge in [-0.05, 0) is 29.8 Å². The largest absolute Gasteiger partial charge is 0.439 e. The van der Waals surface area contributed by atoms with Crippen molar-refractivity contribution >= 4 is 23.1 Å². The molecule has 0 saturated carbocycles.